The molecule has 0 aromatic rings. The van der Waals surface area contributed by atoms with Gasteiger partial charge in [0.2, 0.25) is 0 Å². The van der Waals surface area contributed by atoms with E-state index in [-0.39, 0.29) is 5.91 Å². The molecule has 0 rings (SSSR count). The average molecular weight is 137 g/mol. The Kier molecular flexibility index (Phi) is 5.17. The fraction of sp³-hybridized carbons (Fsp3) is 0.375. The summed E-state index contributed by atoms with van der Waals surface area (Å²) in [7, 11) is 0. The molecule has 0 aliphatic heterocycles. The van der Waals surface area contributed by atoms with E-state index < -0.39 is 0 Å². The van der Waals surface area contributed by atoms with E-state index >= 15 is 0 Å². The van der Waals surface area contributed by atoms with Gasteiger partial charge in [-0.15, -0.1) is 6.58 Å². The second kappa shape index (κ2) is 5.90. The third kappa shape index (κ3) is 4.92. The largest absolute Gasteiger partial charge is 0.345 e. The summed E-state index contributed by atoms with van der Waals surface area (Å²) >= 11 is 0. The van der Waals surface area contributed by atoms with Gasteiger partial charge in [0.05, 0.1) is 0 Å². The maximum Gasteiger partial charge on any atom is 0.295 e. The molecule has 0 aliphatic rings. The predicted octanol–water partition coefficient (Wildman–Crippen LogP) is 0.702. The van der Waals surface area contributed by atoms with Gasteiger partial charge in [0, 0.05) is 6.54 Å². The molecule has 0 unspecified atom stereocenters. The maximum absolute atomic E-state index is 10.6. The molecule has 0 bridgehead atoms. The molecule has 0 saturated heterocycles. The molecule has 1 amide bonds. The molecular formula is C8H11NO. The number of hydrogen-bond acceptors (Lipinski definition) is 1. The van der Waals surface area contributed by atoms with Crippen LogP contribution in [0.3, 0.4) is 0 Å². The lowest BCUT2D eigenvalue weighted by atomic mass is 10.4. The highest BCUT2D eigenvalue weighted by atomic mass is 16.1. The standard InChI is InChI=1S/C8H11NO/c1-3-5-7-9-8(10)6-4-2/h3H,1,5,7H2,2H3,(H,9,10). The zero-order chi connectivity index (χ0) is 7.82. The molecule has 54 valence electrons. The van der Waals surface area contributed by atoms with Crippen LogP contribution >= 0.6 is 0 Å². The Morgan fingerprint density at radius 2 is 2.50 bits per heavy atom. The van der Waals surface area contributed by atoms with Crippen LogP contribution in [0.2, 0.25) is 0 Å². The van der Waals surface area contributed by atoms with Crippen molar-refractivity contribution < 1.29 is 4.79 Å². The van der Waals surface area contributed by atoms with Crippen LogP contribution < -0.4 is 5.32 Å². The summed E-state index contributed by atoms with van der Waals surface area (Å²) in [6, 6.07) is 0. The first-order valence-electron chi connectivity index (χ1n) is 3.12. The van der Waals surface area contributed by atoms with Crippen molar-refractivity contribution in [3.63, 3.8) is 0 Å². The summed E-state index contributed by atoms with van der Waals surface area (Å²) < 4.78 is 0. The Balaban J connectivity index is 3.36. The van der Waals surface area contributed by atoms with Gasteiger partial charge in [0.25, 0.3) is 5.91 Å². The van der Waals surface area contributed by atoms with Crippen molar-refractivity contribution in [1.82, 2.24) is 5.32 Å². The third-order valence-electron chi connectivity index (χ3n) is 0.873. The third-order valence-corrected chi connectivity index (χ3v) is 0.873. The van der Waals surface area contributed by atoms with Gasteiger partial charge in [0.1, 0.15) is 0 Å². The first-order chi connectivity index (χ1) is 4.81. The van der Waals surface area contributed by atoms with Gasteiger partial charge in [-0.2, -0.15) is 0 Å². The minimum Gasteiger partial charge on any atom is -0.345 e. The van der Waals surface area contributed by atoms with Crippen molar-refractivity contribution in [2.75, 3.05) is 6.54 Å². The minimum absolute atomic E-state index is 0.218. The van der Waals surface area contributed by atoms with Gasteiger partial charge >= 0.3 is 0 Å². The molecule has 0 radical (unpaired) electrons. The van der Waals surface area contributed by atoms with Crippen LogP contribution in [0.15, 0.2) is 12.7 Å². The Hall–Kier alpha value is -1.23. The van der Waals surface area contributed by atoms with Crippen LogP contribution in [0.4, 0.5) is 0 Å². The summed E-state index contributed by atoms with van der Waals surface area (Å²) in [5.74, 6) is 4.66. The van der Waals surface area contributed by atoms with Crippen LogP contribution in [0.5, 0.6) is 0 Å². The fourth-order valence-corrected chi connectivity index (χ4v) is 0.445. The van der Waals surface area contributed by atoms with Gasteiger partial charge in [-0.25, -0.2) is 0 Å². The molecule has 0 aromatic carbocycles. The van der Waals surface area contributed by atoms with Crippen LogP contribution in [-0.2, 0) is 4.79 Å². The fourth-order valence-electron chi connectivity index (χ4n) is 0.445. The molecule has 2 heteroatoms. The monoisotopic (exact) mass is 137 g/mol. The van der Waals surface area contributed by atoms with Gasteiger partial charge in [0.15, 0.2) is 0 Å². The van der Waals surface area contributed by atoms with E-state index in [9.17, 15) is 4.79 Å². The highest BCUT2D eigenvalue weighted by Crippen LogP contribution is 1.74. The molecule has 0 fully saturated rings. The topological polar surface area (TPSA) is 29.1 Å². The molecule has 0 aliphatic carbocycles. The summed E-state index contributed by atoms with van der Waals surface area (Å²) in [6.07, 6.45) is 2.54. The molecule has 0 atom stereocenters. The van der Waals surface area contributed by atoms with Crippen molar-refractivity contribution >= 4 is 5.91 Å². The number of nitrogens with one attached hydrogen (secondary N) is 1. The molecule has 2 nitrogen and oxygen atoms in total. The smallest absolute Gasteiger partial charge is 0.295 e. The zero-order valence-corrected chi connectivity index (χ0v) is 6.11. The average Bonchev–Trinajstić information content (AvgIpc) is 1.89. The maximum atomic E-state index is 10.6. The second-order valence-electron chi connectivity index (χ2n) is 1.71. The lowest BCUT2D eigenvalue weighted by Gasteiger charge is -1.94. The zero-order valence-electron chi connectivity index (χ0n) is 6.11. The molecule has 10 heavy (non-hydrogen) atoms. The Morgan fingerprint density at radius 3 is 3.00 bits per heavy atom. The lowest BCUT2D eigenvalue weighted by Crippen LogP contribution is -2.21. The Labute approximate surface area is 61.3 Å². The van der Waals surface area contributed by atoms with E-state index in [1.807, 2.05) is 0 Å². The van der Waals surface area contributed by atoms with Crippen LogP contribution in [0, 0.1) is 11.8 Å². The number of amides is 1. The summed E-state index contributed by atoms with van der Waals surface area (Å²) in [4.78, 5) is 10.6. The highest BCUT2D eigenvalue weighted by Gasteiger charge is 1.89. The van der Waals surface area contributed by atoms with Crippen LogP contribution in [0.25, 0.3) is 0 Å². The van der Waals surface area contributed by atoms with Crippen molar-refractivity contribution in [1.29, 1.82) is 0 Å². The van der Waals surface area contributed by atoms with Crippen molar-refractivity contribution in [2.24, 2.45) is 0 Å². The SMILES string of the molecule is C=CCCNC(=O)C#CC. The van der Waals surface area contributed by atoms with E-state index in [0.717, 1.165) is 6.42 Å². The number of carbonyl (C=O) groups excluding carboxylic acids is 1. The molecule has 0 saturated carbocycles. The van der Waals surface area contributed by atoms with E-state index in [1.165, 1.54) is 0 Å². The second-order valence-corrected chi connectivity index (χ2v) is 1.71. The normalized spacial score (nSPS) is 7.30. The molecule has 0 heterocycles. The first-order valence-corrected chi connectivity index (χ1v) is 3.12. The summed E-state index contributed by atoms with van der Waals surface area (Å²) in [5, 5.41) is 2.60. The molecule has 0 aromatic heterocycles. The summed E-state index contributed by atoms with van der Waals surface area (Å²) in [6.45, 7) is 5.77. The number of carbonyl (C=O) groups is 1. The van der Waals surface area contributed by atoms with Crippen LogP contribution in [-0.4, -0.2) is 12.5 Å². The quantitative estimate of drug-likeness (QED) is 0.346. The van der Waals surface area contributed by atoms with Gasteiger partial charge in [-0.3, -0.25) is 4.79 Å². The Bertz CT molecular complexity index is 173. The van der Waals surface area contributed by atoms with Crippen LogP contribution in [0.1, 0.15) is 13.3 Å². The van der Waals surface area contributed by atoms with Crippen molar-refractivity contribution in [3.05, 3.63) is 12.7 Å². The van der Waals surface area contributed by atoms with E-state index in [0.29, 0.717) is 6.54 Å². The van der Waals surface area contributed by atoms with Crippen molar-refractivity contribution in [3.8, 4) is 11.8 Å². The van der Waals surface area contributed by atoms with E-state index in [4.69, 9.17) is 0 Å². The predicted molar refractivity (Wildman–Crippen MR) is 41.3 cm³/mol. The molecule has 1 N–H and O–H groups in total. The number of hydrogen-bond donors (Lipinski definition) is 1. The van der Waals surface area contributed by atoms with Gasteiger partial charge < -0.3 is 5.32 Å². The summed E-state index contributed by atoms with van der Waals surface area (Å²) in [5.41, 5.74) is 0. The molecular weight excluding hydrogens is 126 g/mol. The van der Waals surface area contributed by atoms with Crippen molar-refractivity contribution in [2.45, 2.75) is 13.3 Å². The highest BCUT2D eigenvalue weighted by molar-refractivity contribution is 5.93. The Morgan fingerprint density at radius 1 is 1.80 bits per heavy atom. The molecule has 0 spiro atoms. The van der Waals surface area contributed by atoms with Gasteiger partial charge in [-0.1, -0.05) is 12.0 Å². The minimum atomic E-state index is -0.218. The number of rotatable bonds is 3. The van der Waals surface area contributed by atoms with E-state index in [2.05, 4.69) is 23.7 Å². The van der Waals surface area contributed by atoms with Gasteiger partial charge in [-0.05, 0) is 19.3 Å². The lowest BCUT2D eigenvalue weighted by molar-refractivity contribution is -0.115. The van der Waals surface area contributed by atoms with E-state index in [1.54, 1.807) is 13.0 Å². The first kappa shape index (κ1) is 8.77.